The number of hydrogen-bond donors (Lipinski definition) is 1. The largest absolute Gasteiger partial charge is 0.496 e. The number of halogens is 1. The summed E-state index contributed by atoms with van der Waals surface area (Å²) in [6.07, 6.45) is 3.04. The van der Waals surface area contributed by atoms with Gasteiger partial charge in [0.15, 0.2) is 0 Å². The average Bonchev–Trinajstić information content (AvgIpc) is 2.94. The van der Waals surface area contributed by atoms with Gasteiger partial charge in [0.2, 0.25) is 0 Å². The van der Waals surface area contributed by atoms with Crippen LogP contribution in [0.3, 0.4) is 0 Å². The fourth-order valence-electron chi connectivity index (χ4n) is 2.38. The molecule has 1 N–H and O–H groups in total. The van der Waals surface area contributed by atoms with Crippen LogP contribution in [-0.4, -0.2) is 32.8 Å². The molecule has 7 nitrogen and oxygen atoms in total. The number of carbonyl (C=O) groups is 1. The minimum absolute atomic E-state index is 0.331. The number of methoxy groups -OCH3 is 1. The van der Waals surface area contributed by atoms with Gasteiger partial charge >= 0.3 is 0 Å². The van der Waals surface area contributed by atoms with E-state index in [1.54, 1.807) is 22.9 Å². The number of anilines is 1. The third-order valence-electron chi connectivity index (χ3n) is 3.50. The van der Waals surface area contributed by atoms with E-state index < -0.39 is 0 Å². The monoisotopic (exact) mass is 357 g/mol. The Hall–Kier alpha value is -2.93. The number of nitrogens with one attached hydrogen (secondary N) is 1. The van der Waals surface area contributed by atoms with Gasteiger partial charge in [-0.15, -0.1) is 0 Å². The number of rotatable bonds is 4. The second-order valence-corrected chi connectivity index (χ2v) is 5.85. The molecule has 0 atom stereocenters. The lowest BCUT2D eigenvalue weighted by Crippen LogP contribution is -2.14. The third-order valence-corrected chi connectivity index (χ3v) is 3.74. The lowest BCUT2D eigenvalue weighted by molar-refractivity contribution is 0.102. The zero-order chi connectivity index (χ0) is 18.0. The minimum Gasteiger partial charge on any atom is -0.496 e. The summed E-state index contributed by atoms with van der Waals surface area (Å²) in [6.45, 7) is 3.82. The Morgan fingerprint density at radius 1 is 1.20 bits per heavy atom. The first-order valence-corrected chi connectivity index (χ1v) is 7.86. The highest BCUT2D eigenvalue weighted by Crippen LogP contribution is 2.23. The average molecular weight is 358 g/mol. The van der Waals surface area contributed by atoms with E-state index in [9.17, 15) is 4.79 Å². The van der Waals surface area contributed by atoms with E-state index in [0.717, 1.165) is 11.4 Å². The number of aromatic nitrogens is 4. The number of amides is 1. The van der Waals surface area contributed by atoms with Crippen LogP contribution in [0.4, 0.5) is 5.69 Å². The first-order valence-electron chi connectivity index (χ1n) is 7.48. The van der Waals surface area contributed by atoms with Crippen molar-refractivity contribution in [3.63, 3.8) is 0 Å². The standard InChI is InChI=1S/C17H16ClN5O2/c1-10-6-11(2)23(22-10)17-19-8-13(9-20-17)21-16(24)14-7-12(18)4-5-15(14)25-3/h4-9H,1-3H3,(H,21,24). The van der Waals surface area contributed by atoms with E-state index in [1.807, 2.05) is 19.9 Å². The molecule has 2 heterocycles. The number of carbonyl (C=O) groups excluding carboxylic acids is 1. The van der Waals surface area contributed by atoms with Gasteiger partial charge in [0, 0.05) is 10.7 Å². The van der Waals surface area contributed by atoms with Crippen molar-refractivity contribution in [1.29, 1.82) is 0 Å². The molecule has 0 aliphatic carbocycles. The van der Waals surface area contributed by atoms with Gasteiger partial charge in [0.1, 0.15) is 5.75 Å². The highest BCUT2D eigenvalue weighted by Gasteiger charge is 2.14. The molecule has 0 unspecified atom stereocenters. The number of nitrogens with zero attached hydrogens (tertiary/aromatic N) is 4. The molecule has 0 bridgehead atoms. The van der Waals surface area contributed by atoms with E-state index >= 15 is 0 Å². The van der Waals surface area contributed by atoms with E-state index in [4.69, 9.17) is 16.3 Å². The minimum atomic E-state index is -0.359. The predicted molar refractivity (Wildman–Crippen MR) is 94.6 cm³/mol. The Kier molecular flexibility index (Phi) is 4.67. The highest BCUT2D eigenvalue weighted by atomic mass is 35.5. The van der Waals surface area contributed by atoms with Crippen molar-refractivity contribution in [1.82, 2.24) is 19.7 Å². The summed E-state index contributed by atoms with van der Waals surface area (Å²) in [5, 5.41) is 7.50. The molecule has 0 radical (unpaired) electrons. The van der Waals surface area contributed by atoms with Crippen LogP contribution in [0.1, 0.15) is 21.7 Å². The SMILES string of the molecule is COc1ccc(Cl)cc1C(=O)Nc1cnc(-n2nc(C)cc2C)nc1. The summed E-state index contributed by atoms with van der Waals surface area (Å²) < 4.78 is 6.83. The number of aryl methyl sites for hydroxylation is 2. The molecule has 0 aliphatic heterocycles. The van der Waals surface area contributed by atoms with E-state index in [1.165, 1.54) is 19.5 Å². The molecule has 128 valence electrons. The van der Waals surface area contributed by atoms with Crippen molar-refractivity contribution in [2.75, 3.05) is 12.4 Å². The fourth-order valence-corrected chi connectivity index (χ4v) is 2.55. The first-order chi connectivity index (χ1) is 12.0. The van der Waals surface area contributed by atoms with Gasteiger partial charge in [-0.2, -0.15) is 5.10 Å². The second-order valence-electron chi connectivity index (χ2n) is 5.41. The van der Waals surface area contributed by atoms with Crippen LogP contribution >= 0.6 is 11.6 Å². The predicted octanol–water partition coefficient (Wildman–Crippen LogP) is 3.19. The van der Waals surface area contributed by atoms with Gasteiger partial charge in [-0.1, -0.05) is 11.6 Å². The number of benzene rings is 1. The summed E-state index contributed by atoms with van der Waals surface area (Å²) in [6, 6.07) is 6.77. The van der Waals surface area contributed by atoms with Crippen LogP contribution in [0.5, 0.6) is 5.75 Å². The molecule has 0 spiro atoms. The van der Waals surface area contributed by atoms with E-state index in [2.05, 4.69) is 20.4 Å². The lowest BCUT2D eigenvalue weighted by atomic mass is 10.2. The van der Waals surface area contributed by atoms with Crippen LogP contribution in [0.15, 0.2) is 36.7 Å². The summed E-state index contributed by atoms with van der Waals surface area (Å²) in [5.41, 5.74) is 2.60. The zero-order valence-corrected chi connectivity index (χ0v) is 14.7. The van der Waals surface area contributed by atoms with Gasteiger partial charge < -0.3 is 10.1 Å². The molecule has 2 aromatic heterocycles. The molecule has 0 aliphatic rings. The molecule has 1 amide bonds. The molecule has 0 saturated heterocycles. The fraction of sp³-hybridized carbons (Fsp3) is 0.176. The van der Waals surface area contributed by atoms with Gasteiger partial charge in [-0.3, -0.25) is 4.79 Å². The van der Waals surface area contributed by atoms with Gasteiger partial charge in [-0.05, 0) is 38.1 Å². The molecule has 1 aromatic carbocycles. The number of ether oxygens (including phenoxy) is 1. The molecule has 3 rings (SSSR count). The Balaban J connectivity index is 1.81. The molecule has 8 heteroatoms. The summed E-state index contributed by atoms with van der Waals surface area (Å²) in [7, 11) is 1.49. The van der Waals surface area contributed by atoms with Gasteiger partial charge in [0.25, 0.3) is 11.9 Å². The van der Waals surface area contributed by atoms with Crippen molar-refractivity contribution in [2.45, 2.75) is 13.8 Å². The van der Waals surface area contributed by atoms with Crippen LogP contribution < -0.4 is 10.1 Å². The first kappa shape index (κ1) is 16.9. The maximum absolute atomic E-state index is 12.4. The van der Waals surface area contributed by atoms with Crippen molar-refractivity contribution < 1.29 is 9.53 Å². The third kappa shape index (κ3) is 3.61. The summed E-state index contributed by atoms with van der Waals surface area (Å²) >= 11 is 5.96. The quantitative estimate of drug-likeness (QED) is 0.775. The smallest absolute Gasteiger partial charge is 0.259 e. The molecule has 3 aromatic rings. The molecule has 0 fully saturated rings. The van der Waals surface area contributed by atoms with Gasteiger partial charge in [0.05, 0.1) is 36.4 Å². The van der Waals surface area contributed by atoms with Crippen LogP contribution in [0.2, 0.25) is 5.02 Å². The Bertz CT molecular complexity index is 921. The van der Waals surface area contributed by atoms with Crippen molar-refractivity contribution in [2.24, 2.45) is 0 Å². The lowest BCUT2D eigenvalue weighted by Gasteiger charge is -2.10. The van der Waals surface area contributed by atoms with Crippen LogP contribution in [0.25, 0.3) is 5.95 Å². The number of hydrogen-bond acceptors (Lipinski definition) is 5. The molecule has 25 heavy (non-hydrogen) atoms. The van der Waals surface area contributed by atoms with Gasteiger partial charge in [-0.25, -0.2) is 14.6 Å². The van der Waals surface area contributed by atoms with Crippen LogP contribution in [-0.2, 0) is 0 Å². The summed E-state index contributed by atoms with van der Waals surface area (Å²) in [5.74, 6) is 0.507. The van der Waals surface area contributed by atoms with E-state index in [0.29, 0.717) is 28.0 Å². The van der Waals surface area contributed by atoms with E-state index in [-0.39, 0.29) is 5.91 Å². The Morgan fingerprint density at radius 3 is 2.52 bits per heavy atom. The zero-order valence-electron chi connectivity index (χ0n) is 13.9. The van der Waals surface area contributed by atoms with Crippen molar-refractivity contribution in [3.05, 3.63) is 58.6 Å². The molecular formula is C17H16ClN5O2. The van der Waals surface area contributed by atoms with Crippen molar-refractivity contribution in [3.8, 4) is 11.7 Å². The Morgan fingerprint density at radius 2 is 1.92 bits per heavy atom. The molecular weight excluding hydrogens is 342 g/mol. The molecule has 0 saturated carbocycles. The van der Waals surface area contributed by atoms with Crippen molar-refractivity contribution >= 4 is 23.2 Å². The second kappa shape index (κ2) is 6.90. The maximum atomic E-state index is 12.4. The highest BCUT2D eigenvalue weighted by molar-refractivity contribution is 6.31. The van der Waals surface area contributed by atoms with Crippen LogP contribution in [0, 0.1) is 13.8 Å². The summed E-state index contributed by atoms with van der Waals surface area (Å²) in [4.78, 5) is 20.9. The Labute approximate surface area is 149 Å². The normalized spacial score (nSPS) is 10.6. The topological polar surface area (TPSA) is 81.9 Å². The maximum Gasteiger partial charge on any atom is 0.259 e.